The second-order valence-corrected chi connectivity index (χ2v) is 6.98. The summed E-state index contributed by atoms with van der Waals surface area (Å²) in [5.74, 6) is -0.0547. The summed E-state index contributed by atoms with van der Waals surface area (Å²) in [5, 5.41) is 9.27. The maximum Gasteiger partial charge on any atom is 0.307 e. The van der Waals surface area contributed by atoms with Crippen LogP contribution in [0.5, 0.6) is 5.75 Å². The number of hydrogen-bond acceptors (Lipinski definition) is 3. The summed E-state index contributed by atoms with van der Waals surface area (Å²) < 4.78 is 5.38. The Morgan fingerprint density at radius 2 is 1.96 bits per heavy atom. The van der Waals surface area contributed by atoms with Gasteiger partial charge in [0.15, 0.2) is 0 Å². The zero-order valence-electron chi connectivity index (χ0n) is 15.8. The highest BCUT2D eigenvalue weighted by Gasteiger charge is 2.24. The third-order valence-electron chi connectivity index (χ3n) is 5.11. The quantitative estimate of drug-likeness (QED) is 0.794. The molecule has 0 aliphatic carbocycles. The van der Waals surface area contributed by atoms with Crippen molar-refractivity contribution in [2.75, 3.05) is 26.7 Å². The number of ether oxygens (including phenoxy) is 1. The van der Waals surface area contributed by atoms with Crippen molar-refractivity contribution in [1.29, 1.82) is 0 Å². The van der Waals surface area contributed by atoms with Crippen LogP contribution in [0.4, 0.5) is 0 Å². The van der Waals surface area contributed by atoms with Gasteiger partial charge < -0.3 is 14.7 Å². The predicted octanol–water partition coefficient (Wildman–Crippen LogP) is 4.31. The van der Waals surface area contributed by atoms with Crippen molar-refractivity contribution in [3.05, 3.63) is 71.8 Å². The Labute approximate surface area is 161 Å². The monoisotopic (exact) mass is 365 g/mol. The van der Waals surface area contributed by atoms with E-state index in [1.807, 2.05) is 30.3 Å². The molecule has 4 nitrogen and oxygen atoms in total. The van der Waals surface area contributed by atoms with E-state index in [4.69, 9.17) is 4.74 Å². The molecule has 0 spiro atoms. The van der Waals surface area contributed by atoms with Crippen LogP contribution in [-0.4, -0.2) is 42.7 Å². The first kappa shape index (κ1) is 19.2. The number of carbonyl (C=O) groups is 1. The SMILES string of the molecule is COc1cccc(C(=CCCN2CCCC(C(=O)O)C2)c2ccccc2)c1. The highest BCUT2D eigenvalue weighted by atomic mass is 16.5. The van der Waals surface area contributed by atoms with E-state index in [2.05, 4.69) is 35.2 Å². The molecule has 1 heterocycles. The first-order chi connectivity index (χ1) is 13.2. The van der Waals surface area contributed by atoms with Crippen LogP contribution in [0, 0.1) is 5.92 Å². The summed E-state index contributed by atoms with van der Waals surface area (Å²) in [6.07, 6.45) is 4.89. The van der Waals surface area contributed by atoms with Gasteiger partial charge in [0.2, 0.25) is 0 Å². The van der Waals surface area contributed by atoms with Gasteiger partial charge in [-0.1, -0.05) is 48.5 Å². The van der Waals surface area contributed by atoms with Crippen molar-refractivity contribution in [1.82, 2.24) is 4.90 Å². The molecule has 1 aliphatic heterocycles. The second kappa shape index (κ2) is 9.38. The molecule has 0 saturated carbocycles. The molecule has 0 bridgehead atoms. The fourth-order valence-corrected chi connectivity index (χ4v) is 3.66. The predicted molar refractivity (Wildman–Crippen MR) is 108 cm³/mol. The Hall–Kier alpha value is -2.59. The molecule has 1 saturated heterocycles. The van der Waals surface area contributed by atoms with Gasteiger partial charge >= 0.3 is 5.97 Å². The van der Waals surface area contributed by atoms with E-state index in [9.17, 15) is 9.90 Å². The average Bonchev–Trinajstić information content (AvgIpc) is 2.72. The lowest BCUT2D eigenvalue weighted by molar-refractivity contribution is -0.143. The third-order valence-corrected chi connectivity index (χ3v) is 5.11. The smallest absolute Gasteiger partial charge is 0.307 e. The largest absolute Gasteiger partial charge is 0.497 e. The number of benzene rings is 2. The van der Waals surface area contributed by atoms with Crippen molar-refractivity contribution in [3.63, 3.8) is 0 Å². The van der Waals surface area contributed by atoms with Crippen molar-refractivity contribution in [2.45, 2.75) is 19.3 Å². The van der Waals surface area contributed by atoms with Crippen LogP contribution in [0.2, 0.25) is 0 Å². The van der Waals surface area contributed by atoms with Gasteiger partial charge in [0.1, 0.15) is 5.75 Å². The molecule has 1 N–H and O–H groups in total. The molecule has 1 fully saturated rings. The zero-order chi connectivity index (χ0) is 19.1. The molecule has 0 aromatic heterocycles. The van der Waals surface area contributed by atoms with Crippen LogP contribution in [0.15, 0.2) is 60.7 Å². The van der Waals surface area contributed by atoms with E-state index in [-0.39, 0.29) is 5.92 Å². The van der Waals surface area contributed by atoms with Gasteiger partial charge in [0.25, 0.3) is 0 Å². The summed E-state index contributed by atoms with van der Waals surface area (Å²) in [4.78, 5) is 13.5. The Kier molecular flexibility index (Phi) is 6.66. The number of hydrogen-bond donors (Lipinski definition) is 1. The number of carboxylic acids is 1. The third kappa shape index (κ3) is 5.20. The molecule has 2 aromatic rings. The molecule has 27 heavy (non-hydrogen) atoms. The van der Waals surface area contributed by atoms with Gasteiger partial charge in [0.05, 0.1) is 13.0 Å². The maximum absolute atomic E-state index is 11.3. The van der Waals surface area contributed by atoms with E-state index in [0.717, 1.165) is 43.7 Å². The molecular weight excluding hydrogens is 338 g/mol. The van der Waals surface area contributed by atoms with Gasteiger partial charge in [-0.05, 0) is 54.6 Å². The Morgan fingerprint density at radius 1 is 1.19 bits per heavy atom. The zero-order valence-corrected chi connectivity index (χ0v) is 15.8. The van der Waals surface area contributed by atoms with E-state index in [1.54, 1.807) is 7.11 Å². The molecule has 2 aromatic carbocycles. The summed E-state index contributed by atoms with van der Waals surface area (Å²) in [5.41, 5.74) is 3.48. The van der Waals surface area contributed by atoms with Gasteiger partial charge in [0, 0.05) is 13.1 Å². The number of carboxylic acid groups (broad SMARTS) is 1. The fraction of sp³-hybridized carbons (Fsp3) is 0.348. The summed E-state index contributed by atoms with van der Waals surface area (Å²) >= 11 is 0. The lowest BCUT2D eigenvalue weighted by Gasteiger charge is -2.30. The standard InChI is InChI=1S/C23H27NO3/c1-27-21-12-5-10-19(16-21)22(18-8-3-2-4-9-18)13-7-15-24-14-6-11-20(17-24)23(25)26/h2-5,8-10,12-13,16,20H,6-7,11,14-15,17H2,1H3,(H,25,26). The minimum absolute atomic E-state index is 0.227. The highest BCUT2D eigenvalue weighted by molar-refractivity contribution is 5.80. The molecule has 0 amide bonds. The Balaban J connectivity index is 1.76. The van der Waals surface area contributed by atoms with Crippen molar-refractivity contribution < 1.29 is 14.6 Å². The number of likely N-dealkylation sites (tertiary alicyclic amines) is 1. The highest BCUT2D eigenvalue weighted by Crippen LogP contribution is 2.27. The van der Waals surface area contributed by atoms with Crippen LogP contribution >= 0.6 is 0 Å². The number of nitrogens with zero attached hydrogens (tertiary/aromatic N) is 1. The molecule has 4 heteroatoms. The topological polar surface area (TPSA) is 49.8 Å². The average molecular weight is 365 g/mol. The Morgan fingerprint density at radius 3 is 2.70 bits per heavy atom. The van der Waals surface area contributed by atoms with Crippen molar-refractivity contribution in [2.24, 2.45) is 5.92 Å². The number of aliphatic carboxylic acids is 1. The van der Waals surface area contributed by atoms with Gasteiger partial charge in [-0.3, -0.25) is 4.79 Å². The molecule has 1 atom stereocenters. The molecule has 3 rings (SSSR count). The number of piperidine rings is 1. The first-order valence-electron chi connectivity index (χ1n) is 9.52. The van der Waals surface area contributed by atoms with E-state index in [0.29, 0.717) is 6.54 Å². The summed E-state index contributed by atoms with van der Waals surface area (Å²) in [6.45, 7) is 2.52. The summed E-state index contributed by atoms with van der Waals surface area (Å²) in [7, 11) is 1.68. The second-order valence-electron chi connectivity index (χ2n) is 6.98. The van der Waals surface area contributed by atoms with E-state index >= 15 is 0 Å². The summed E-state index contributed by atoms with van der Waals surface area (Å²) in [6, 6.07) is 18.5. The molecule has 1 aliphatic rings. The van der Waals surface area contributed by atoms with Gasteiger partial charge in [-0.15, -0.1) is 0 Å². The normalized spacial score (nSPS) is 18.3. The Bertz CT molecular complexity index is 785. The fourth-order valence-electron chi connectivity index (χ4n) is 3.66. The molecule has 1 unspecified atom stereocenters. The van der Waals surface area contributed by atoms with Crippen LogP contribution < -0.4 is 4.74 Å². The van der Waals surface area contributed by atoms with Crippen LogP contribution in [-0.2, 0) is 4.79 Å². The van der Waals surface area contributed by atoms with Gasteiger partial charge in [-0.25, -0.2) is 0 Å². The maximum atomic E-state index is 11.3. The lowest BCUT2D eigenvalue weighted by atomic mass is 9.96. The molecule has 0 radical (unpaired) electrons. The van der Waals surface area contributed by atoms with Gasteiger partial charge in [-0.2, -0.15) is 0 Å². The minimum Gasteiger partial charge on any atom is -0.497 e. The molecular formula is C23H27NO3. The van der Waals surface area contributed by atoms with Crippen LogP contribution in [0.25, 0.3) is 5.57 Å². The van der Waals surface area contributed by atoms with Crippen molar-refractivity contribution >= 4 is 11.5 Å². The number of rotatable bonds is 7. The lowest BCUT2D eigenvalue weighted by Crippen LogP contribution is -2.39. The van der Waals surface area contributed by atoms with E-state index in [1.165, 1.54) is 11.1 Å². The number of methoxy groups -OCH3 is 1. The minimum atomic E-state index is -0.670. The van der Waals surface area contributed by atoms with Crippen LogP contribution in [0.1, 0.15) is 30.4 Å². The van der Waals surface area contributed by atoms with Crippen LogP contribution in [0.3, 0.4) is 0 Å². The van der Waals surface area contributed by atoms with Crippen molar-refractivity contribution in [3.8, 4) is 5.75 Å². The van der Waals surface area contributed by atoms with E-state index < -0.39 is 5.97 Å². The first-order valence-corrected chi connectivity index (χ1v) is 9.52. The molecule has 142 valence electrons.